The van der Waals surface area contributed by atoms with Gasteiger partial charge in [-0.05, 0) is 69.1 Å². The molecule has 3 aromatic rings. The molecule has 6 heteroatoms. The standard InChI is InChI=1S/C29H34N2O4/c1-30(2)21-15-29(35-16-21)17-31-24-14-20(28(32)33)12-13-22(24)26(19-8-4-3-5-9-19)27(31)23-10-6-7-11-25(23)34-18-29/h6-7,10-14,19,21H,3-5,8-9,15-18H2,1-2H3,(H,32,33)/t21-,29+/m0/s1. The van der Waals surface area contributed by atoms with E-state index in [0.29, 0.717) is 37.3 Å². The molecule has 6 rings (SSSR count). The van der Waals surface area contributed by atoms with E-state index in [9.17, 15) is 9.90 Å². The van der Waals surface area contributed by atoms with Crippen LogP contribution in [-0.4, -0.2) is 59.5 Å². The highest BCUT2D eigenvalue weighted by Crippen LogP contribution is 2.48. The van der Waals surface area contributed by atoms with E-state index in [0.717, 1.165) is 23.3 Å². The molecule has 1 saturated carbocycles. The van der Waals surface area contributed by atoms with Crippen LogP contribution in [0.3, 0.4) is 0 Å². The lowest BCUT2D eigenvalue weighted by atomic mass is 9.81. The fraction of sp³-hybridized carbons (Fsp3) is 0.483. The Morgan fingerprint density at radius 3 is 2.66 bits per heavy atom. The van der Waals surface area contributed by atoms with E-state index in [1.807, 2.05) is 18.2 Å². The Morgan fingerprint density at radius 2 is 1.91 bits per heavy atom. The minimum atomic E-state index is -0.893. The molecule has 0 bridgehead atoms. The predicted octanol–water partition coefficient (Wildman–Crippen LogP) is 5.54. The fourth-order valence-electron chi connectivity index (χ4n) is 6.46. The van der Waals surface area contributed by atoms with Gasteiger partial charge in [-0.2, -0.15) is 0 Å². The van der Waals surface area contributed by atoms with E-state index in [2.05, 4.69) is 41.8 Å². The van der Waals surface area contributed by atoms with E-state index < -0.39 is 11.6 Å². The summed E-state index contributed by atoms with van der Waals surface area (Å²) in [7, 11) is 4.20. The lowest BCUT2D eigenvalue weighted by molar-refractivity contribution is -0.0430. The minimum absolute atomic E-state index is 0.325. The van der Waals surface area contributed by atoms with Crippen molar-refractivity contribution in [2.75, 3.05) is 27.3 Å². The van der Waals surface area contributed by atoms with Crippen LogP contribution in [0.5, 0.6) is 5.75 Å². The summed E-state index contributed by atoms with van der Waals surface area (Å²) in [4.78, 5) is 14.2. The summed E-state index contributed by atoms with van der Waals surface area (Å²) in [6.07, 6.45) is 6.97. The Kier molecular flexibility index (Phi) is 5.61. The first-order chi connectivity index (χ1) is 17.0. The topological polar surface area (TPSA) is 63.9 Å². The van der Waals surface area contributed by atoms with Crippen LogP contribution >= 0.6 is 0 Å². The zero-order valence-electron chi connectivity index (χ0n) is 20.6. The molecule has 0 unspecified atom stereocenters. The Morgan fingerprint density at radius 1 is 1.11 bits per heavy atom. The molecule has 1 spiro atoms. The molecule has 1 aliphatic carbocycles. The minimum Gasteiger partial charge on any atom is -0.490 e. The van der Waals surface area contributed by atoms with E-state index in [4.69, 9.17) is 9.47 Å². The van der Waals surface area contributed by atoms with Crippen molar-refractivity contribution in [2.24, 2.45) is 0 Å². The number of aromatic carboxylic acids is 1. The summed E-state index contributed by atoms with van der Waals surface area (Å²) in [5.74, 6) is 0.444. The van der Waals surface area contributed by atoms with Gasteiger partial charge >= 0.3 is 5.97 Å². The normalized spacial score (nSPS) is 24.7. The van der Waals surface area contributed by atoms with E-state index in [1.54, 1.807) is 6.07 Å². The van der Waals surface area contributed by atoms with Gasteiger partial charge in [0.2, 0.25) is 0 Å². The molecule has 35 heavy (non-hydrogen) atoms. The van der Waals surface area contributed by atoms with Crippen LogP contribution in [0.15, 0.2) is 42.5 Å². The Hall–Kier alpha value is -2.83. The van der Waals surface area contributed by atoms with Crippen molar-refractivity contribution in [3.63, 3.8) is 0 Å². The molecule has 2 aromatic carbocycles. The van der Waals surface area contributed by atoms with Crippen LogP contribution in [0.4, 0.5) is 0 Å². The quantitative estimate of drug-likeness (QED) is 0.540. The molecular weight excluding hydrogens is 440 g/mol. The number of para-hydroxylation sites is 1. The third-order valence-electron chi connectivity index (χ3n) is 8.36. The first-order valence-corrected chi connectivity index (χ1v) is 12.9. The number of likely N-dealkylation sites (N-methyl/N-ethyl adjacent to an activating group) is 1. The van der Waals surface area contributed by atoms with Gasteiger partial charge in [-0.1, -0.05) is 37.5 Å². The summed E-state index contributed by atoms with van der Waals surface area (Å²) in [5, 5.41) is 11.0. The first kappa shape index (κ1) is 22.6. The molecule has 0 radical (unpaired) electrons. The van der Waals surface area contributed by atoms with Gasteiger partial charge in [0.1, 0.15) is 18.0 Å². The van der Waals surface area contributed by atoms with Crippen LogP contribution < -0.4 is 4.74 Å². The number of ether oxygens (including phenoxy) is 2. The number of carboxylic acids is 1. The molecule has 3 heterocycles. The summed E-state index contributed by atoms with van der Waals surface area (Å²) in [5.41, 5.74) is 4.48. The average Bonchev–Trinajstić information content (AvgIpc) is 3.42. The van der Waals surface area contributed by atoms with Gasteiger partial charge < -0.3 is 24.0 Å². The number of aromatic nitrogens is 1. The average molecular weight is 475 g/mol. The van der Waals surface area contributed by atoms with E-state index in [-0.39, 0.29) is 0 Å². The van der Waals surface area contributed by atoms with Gasteiger partial charge in [-0.3, -0.25) is 0 Å². The Labute approximate surface area is 206 Å². The zero-order chi connectivity index (χ0) is 24.2. The van der Waals surface area contributed by atoms with Gasteiger partial charge in [0, 0.05) is 22.5 Å². The fourth-order valence-corrected chi connectivity index (χ4v) is 6.46. The highest BCUT2D eigenvalue weighted by atomic mass is 16.5. The van der Waals surface area contributed by atoms with Crippen molar-refractivity contribution in [3.05, 3.63) is 53.6 Å². The number of hydrogen-bond donors (Lipinski definition) is 1. The van der Waals surface area contributed by atoms with Gasteiger partial charge in [0.05, 0.1) is 24.4 Å². The molecule has 6 nitrogen and oxygen atoms in total. The van der Waals surface area contributed by atoms with Crippen molar-refractivity contribution in [3.8, 4) is 17.0 Å². The number of carbonyl (C=O) groups is 1. The molecular formula is C29H34N2O4. The molecule has 2 fully saturated rings. The predicted molar refractivity (Wildman–Crippen MR) is 136 cm³/mol. The maximum Gasteiger partial charge on any atom is 0.335 e. The van der Waals surface area contributed by atoms with Gasteiger partial charge in [-0.25, -0.2) is 4.79 Å². The maximum absolute atomic E-state index is 12.0. The smallest absolute Gasteiger partial charge is 0.335 e. The monoisotopic (exact) mass is 474 g/mol. The number of hydrogen-bond acceptors (Lipinski definition) is 4. The van der Waals surface area contributed by atoms with Gasteiger partial charge in [-0.15, -0.1) is 0 Å². The second-order valence-electron chi connectivity index (χ2n) is 10.8. The number of benzene rings is 2. The molecule has 2 aliphatic heterocycles. The van der Waals surface area contributed by atoms with Crippen molar-refractivity contribution in [1.82, 2.24) is 9.47 Å². The van der Waals surface area contributed by atoms with Crippen LogP contribution in [0.1, 0.15) is 60.4 Å². The van der Waals surface area contributed by atoms with Gasteiger partial charge in [0.15, 0.2) is 0 Å². The first-order valence-electron chi connectivity index (χ1n) is 12.9. The van der Waals surface area contributed by atoms with Crippen LogP contribution in [0, 0.1) is 0 Å². The van der Waals surface area contributed by atoms with E-state index in [1.165, 1.54) is 48.7 Å². The van der Waals surface area contributed by atoms with Crippen LogP contribution in [0.2, 0.25) is 0 Å². The number of nitrogens with zero attached hydrogens (tertiary/aromatic N) is 2. The summed E-state index contributed by atoms with van der Waals surface area (Å²) >= 11 is 0. The van der Waals surface area contributed by atoms with Crippen LogP contribution in [0.25, 0.3) is 22.2 Å². The lowest BCUT2D eigenvalue weighted by Crippen LogP contribution is -2.42. The lowest BCUT2D eigenvalue weighted by Gasteiger charge is -2.34. The zero-order valence-corrected chi connectivity index (χ0v) is 20.6. The molecule has 184 valence electrons. The summed E-state index contributed by atoms with van der Waals surface area (Å²) in [6, 6.07) is 14.3. The Balaban J connectivity index is 1.62. The van der Waals surface area contributed by atoms with Crippen LogP contribution in [-0.2, 0) is 11.3 Å². The molecule has 1 saturated heterocycles. The molecule has 3 aliphatic rings. The summed E-state index contributed by atoms with van der Waals surface area (Å²) in [6.45, 7) is 1.79. The largest absolute Gasteiger partial charge is 0.490 e. The third kappa shape index (κ3) is 3.83. The number of rotatable bonds is 3. The Bertz CT molecular complexity index is 1270. The second kappa shape index (κ2) is 8.68. The summed E-state index contributed by atoms with van der Waals surface area (Å²) < 4.78 is 15.4. The molecule has 2 atom stereocenters. The highest BCUT2D eigenvalue weighted by Gasteiger charge is 2.45. The highest BCUT2D eigenvalue weighted by molar-refractivity contribution is 5.98. The molecule has 1 N–H and O–H groups in total. The van der Waals surface area contributed by atoms with Crippen molar-refractivity contribution in [1.29, 1.82) is 0 Å². The number of fused-ring (bicyclic) bond motifs is 5. The number of carboxylic acid groups (broad SMARTS) is 1. The van der Waals surface area contributed by atoms with Crippen molar-refractivity contribution in [2.45, 2.75) is 62.6 Å². The maximum atomic E-state index is 12.0. The molecule has 0 amide bonds. The van der Waals surface area contributed by atoms with Gasteiger partial charge in [0.25, 0.3) is 0 Å². The SMILES string of the molecule is CN(C)[C@@H]1CO[C@]2(COc3ccccc3-c3c(C4CCCCC4)c4ccc(C(=O)O)cc4n3C2)C1. The second-order valence-corrected chi connectivity index (χ2v) is 10.8. The third-order valence-corrected chi connectivity index (χ3v) is 8.36. The van der Waals surface area contributed by atoms with E-state index >= 15 is 0 Å². The van der Waals surface area contributed by atoms with Crippen molar-refractivity contribution < 1.29 is 19.4 Å². The molecule has 1 aromatic heterocycles. The van der Waals surface area contributed by atoms with Crippen molar-refractivity contribution >= 4 is 16.9 Å².